The van der Waals surface area contributed by atoms with Crippen LogP contribution in [0.4, 0.5) is 5.69 Å². The molecule has 0 aliphatic rings. The highest BCUT2D eigenvalue weighted by Gasteiger charge is 2.20. The fourth-order valence-corrected chi connectivity index (χ4v) is 2.51. The highest BCUT2D eigenvalue weighted by atomic mass is 35.5. The van der Waals surface area contributed by atoms with Crippen molar-refractivity contribution < 1.29 is 9.34 Å². The smallest absolute Gasteiger partial charge is 0.272 e. The van der Waals surface area contributed by atoms with Crippen LogP contribution in [-0.2, 0) is 6.42 Å². The molecule has 0 aliphatic carbocycles. The van der Waals surface area contributed by atoms with E-state index in [1.807, 2.05) is 19.9 Å². The second-order valence-electron chi connectivity index (χ2n) is 4.43. The molecule has 100 valence electrons. The highest BCUT2D eigenvalue weighted by Crippen LogP contribution is 2.32. The number of furan rings is 1. The summed E-state index contributed by atoms with van der Waals surface area (Å²) in [7, 11) is 0. The Morgan fingerprint density at radius 2 is 2.05 bits per heavy atom. The summed E-state index contributed by atoms with van der Waals surface area (Å²) in [5, 5.41) is 10.6. The van der Waals surface area contributed by atoms with Gasteiger partial charge in [-0.2, -0.15) is 0 Å². The topological polar surface area (TPSA) is 56.3 Å². The molecule has 1 atom stereocenters. The van der Waals surface area contributed by atoms with Gasteiger partial charge in [-0.1, -0.05) is 18.2 Å². The largest absolute Gasteiger partial charge is 0.466 e. The van der Waals surface area contributed by atoms with E-state index in [1.165, 1.54) is 6.07 Å². The number of rotatable bonds is 4. The Hall–Kier alpha value is -1.81. The lowest BCUT2D eigenvalue weighted by Gasteiger charge is -2.08. The number of nitro benzene ring substituents is 1. The molecule has 4 nitrogen and oxygen atoms in total. The molecule has 1 aromatic carbocycles. The first-order valence-electron chi connectivity index (χ1n) is 5.92. The Morgan fingerprint density at radius 3 is 2.63 bits per heavy atom. The van der Waals surface area contributed by atoms with E-state index in [-0.39, 0.29) is 16.0 Å². The van der Waals surface area contributed by atoms with E-state index in [0.717, 1.165) is 17.1 Å². The molecule has 0 aliphatic heterocycles. The van der Waals surface area contributed by atoms with Crippen LogP contribution in [0.2, 0.25) is 0 Å². The molecule has 19 heavy (non-hydrogen) atoms. The van der Waals surface area contributed by atoms with Gasteiger partial charge in [0.25, 0.3) is 5.69 Å². The zero-order valence-corrected chi connectivity index (χ0v) is 11.5. The molecule has 0 saturated carbocycles. The fourth-order valence-electron chi connectivity index (χ4n) is 2.13. The predicted octanol–water partition coefficient (Wildman–Crippen LogP) is 4.33. The van der Waals surface area contributed by atoms with E-state index in [1.54, 1.807) is 18.2 Å². The standard InChI is InChI=1S/C14H14ClNO3/c1-9-7-12(10(2)19-9)13(15)8-11-5-3-4-6-14(11)16(17)18/h3-7,13H,8H2,1-2H3. The van der Waals surface area contributed by atoms with E-state index in [4.69, 9.17) is 16.0 Å². The number of halogens is 1. The quantitative estimate of drug-likeness (QED) is 0.475. The molecule has 5 heteroatoms. The van der Waals surface area contributed by atoms with E-state index in [2.05, 4.69) is 0 Å². The number of hydrogen-bond donors (Lipinski definition) is 0. The van der Waals surface area contributed by atoms with Crippen molar-refractivity contribution in [2.45, 2.75) is 25.6 Å². The maximum absolute atomic E-state index is 11.0. The Labute approximate surface area is 116 Å². The molecule has 1 aromatic heterocycles. The SMILES string of the molecule is Cc1cc(C(Cl)Cc2ccccc2[N+](=O)[O-])c(C)o1. The molecule has 2 rings (SSSR count). The van der Waals surface area contributed by atoms with Gasteiger partial charge in [-0.05, 0) is 26.3 Å². The van der Waals surface area contributed by atoms with Gasteiger partial charge in [0.05, 0.1) is 10.3 Å². The summed E-state index contributed by atoms with van der Waals surface area (Å²) >= 11 is 6.35. The second-order valence-corrected chi connectivity index (χ2v) is 4.95. The van der Waals surface area contributed by atoms with Gasteiger partial charge in [0.2, 0.25) is 0 Å². The van der Waals surface area contributed by atoms with Gasteiger partial charge in [0, 0.05) is 17.2 Å². The highest BCUT2D eigenvalue weighted by molar-refractivity contribution is 6.21. The molecule has 0 saturated heterocycles. The Balaban J connectivity index is 2.26. The fraction of sp³-hybridized carbons (Fsp3) is 0.286. The van der Waals surface area contributed by atoms with Crippen LogP contribution in [0.25, 0.3) is 0 Å². The average Bonchev–Trinajstić information content (AvgIpc) is 2.69. The zero-order chi connectivity index (χ0) is 14.0. The van der Waals surface area contributed by atoms with Crippen molar-refractivity contribution in [1.82, 2.24) is 0 Å². The Bertz CT molecular complexity index is 606. The van der Waals surface area contributed by atoms with Gasteiger partial charge in [0.15, 0.2) is 0 Å². The van der Waals surface area contributed by atoms with Crippen molar-refractivity contribution in [3.05, 3.63) is 63.1 Å². The third kappa shape index (κ3) is 2.96. The van der Waals surface area contributed by atoms with Crippen molar-refractivity contribution in [2.75, 3.05) is 0 Å². The average molecular weight is 280 g/mol. The maximum atomic E-state index is 11.0. The molecule has 0 spiro atoms. The molecule has 0 amide bonds. The molecule has 0 fully saturated rings. The van der Waals surface area contributed by atoms with Crippen LogP contribution in [0.5, 0.6) is 0 Å². The second kappa shape index (κ2) is 5.45. The van der Waals surface area contributed by atoms with Crippen LogP contribution in [0, 0.1) is 24.0 Å². The number of alkyl halides is 1. The molecule has 2 aromatic rings. The molecule has 0 N–H and O–H groups in total. The van der Waals surface area contributed by atoms with E-state index < -0.39 is 0 Å². The van der Waals surface area contributed by atoms with Gasteiger partial charge >= 0.3 is 0 Å². The number of nitrogens with zero attached hydrogens (tertiary/aromatic N) is 1. The van der Waals surface area contributed by atoms with Crippen LogP contribution in [0.3, 0.4) is 0 Å². The van der Waals surface area contributed by atoms with Crippen LogP contribution >= 0.6 is 11.6 Å². The zero-order valence-electron chi connectivity index (χ0n) is 10.7. The lowest BCUT2D eigenvalue weighted by molar-refractivity contribution is -0.385. The molecule has 0 radical (unpaired) electrons. The lowest BCUT2D eigenvalue weighted by atomic mass is 10.0. The summed E-state index contributed by atoms with van der Waals surface area (Å²) in [6.07, 6.45) is 0.401. The third-order valence-electron chi connectivity index (χ3n) is 3.00. The Kier molecular flexibility index (Phi) is 3.90. The third-order valence-corrected chi connectivity index (χ3v) is 3.39. The molecular weight excluding hydrogens is 266 g/mol. The first-order chi connectivity index (χ1) is 8.99. The van der Waals surface area contributed by atoms with Crippen molar-refractivity contribution in [1.29, 1.82) is 0 Å². The van der Waals surface area contributed by atoms with Gasteiger partial charge < -0.3 is 4.42 Å². The number of nitro groups is 1. The minimum atomic E-state index is -0.383. The minimum absolute atomic E-state index is 0.103. The normalized spacial score (nSPS) is 12.4. The van der Waals surface area contributed by atoms with Crippen LogP contribution in [0.1, 0.15) is 28.0 Å². The van der Waals surface area contributed by atoms with Crippen molar-refractivity contribution in [3.8, 4) is 0 Å². The number of para-hydroxylation sites is 1. The predicted molar refractivity (Wildman–Crippen MR) is 73.6 cm³/mol. The first-order valence-corrected chi connectivity index (χ1v) is 6.36. The van der Waals surface area contributed by atoms with Crippen LogP contribution < -0.4 is 0 Å². The van der Waals surface area contributed by atoms with Crippen molar-refractivity contribution >= 4 is 17.3 Å². The van der Waals surface area contributed by atoms with Crippen LogP contribution in [0.15, 0.2) is 34.7 Å². The van der Waals surface area contributed by atoms with Gasteiger partial charge in [0.1, 0.15) is 11.5 Å². The van der Waals surface area contributed by atoms with E-state index in [0.29, 0.717) is 12.0 Å². The van der Waals surface area contributed by atoms with E-state index in [9.17, 15) is 10.1 Å². The lowest BCUT2D eigenvalue weighted by Crippen LogP contribution is -2.00. The van der Waals surface area contributed by atoms with Crippen LogP contribution in [-0.4, -0.2) is 4.92 Å². The number of benzene rings is 1. The van der Waals surface area contributed by atoms with Crippen molar-refractivity contribution in [2.24, 2.45) is 0 Å². The summed E-state index contributed by atoms with van der Waals surface area (Å²) in [6.45, 7) is 3.70. The summed E-state index contributed by atoms with van der Waals surface area (Å²) in [4.78, 5) is 10.6. The minimum Gasteiger partial charge on any atom is -0.466 e. The summed E-state index contributed by atoms with van der Waals surface area (Å²) in [6, 6.07) is 8.53. The maximum Gasteiger partial charge on any atom is 0.272 e. The molecular formula is C14H14ClNO3. The molecule has 1 heterocycles. The molecule has 1 unspecified atom stereocenters. The molecule has 0 bridgehead atoms. The summed E-state index contributed by atoms with van der Waals surface area (Å²) in [5.41, 5.74) is 1.62. The van der Waals surface area contributed by atoms with Gasteiger partial charge in [-0.25, -0.2) is 0 Å². The van der Waals surface area contributed by atoms with Gasteiger partial charge in [-0.3, -0.25) is 10.1 Å². The van der Waals surface area contributed by atoms with E-state index >= 15 is 0 Å². The van der Waals surface area contributed by atoms with Gasteiger partial charge in [-0.15, -0.1) is 11.6 Å². The Morgan fingerprint density at radius 1 is 1.37 bits per heavy atom. The first kappa shape index (κ1) is 13.6. The number of aryl methyl sites for hydroxylation is 2. The number of hydrogen-bond acceptors (Lipinski definition) is 3. The summed E-state index contributed by atoms with van der Waals surface area (Å²) < 4.78 is 5.43. The van der Waals surface area contributed by atoms with Crippen molar-refractivity contribution in [3.63, 3.8) is 0 Å². The monoisotopic (exact) mass is 279 g/mol. The summed E-state index contributed by atoms with van der Waals surface area (Å²) in [5.74, 6) is 1.55.